The summed E-state index contributed by atoms with van der Waals surface area (Å²) in [5, 5.41) is 8.36. The molecule has 0 aliphatic carbocycles. The van der Waals surface area contributed by atoms with Gasteiger partial charge >= 0.3 is 0 Å². The van der Waals surface area contributed by atoms with Crippen LogP contribution in [0.25, 0.3) is 12.2 Å². The Kier molecular flexibility index (Phi) is 4.84. The summed E-state index contributed by atoms with van der Waals surface area (Å²) >= 11 is 0. The van der Waals surface area contributed by atoms with E-state index in [0.29, 0.717) is 5.76 Å². The van der Waals surface area contributed by atoms with Gasteiger partial charge in [0, 0.05) is 6.08 Å². The van der Waals surface area contributed by atoms with Gasteiger partial charge in [0.2, 0.25) is 5.78 Å². The Morgan fingerprint density at radius 2 is 1.62 bits per heavy atom. The number of benzene rings is 1. The standard InChI is InChI=1S/C16H13NO4/c18-14(15-2-1-11-21-15)9-7-12-3-5-13(6-4-12)8-10-16(19)17-20/h1-11,20H,(H,17,19)/b9-7+,10-8+. The lowest BCUT2D eigenvalue weighted by atomic mass is 10.1. The fourth-order valence-corrected chi connectivity index (χ4v) is 1.60. The molecule has 5 nitrogen and oxygen atoms in total. The highest BCUT2D eigenvalue weighted by molar-refractivity contribution is 6.04. The highest BCUT2D eigenvalue weighted by atomic mass is 16.5. The zero-order chi connectivity index (χ0) is 15.1. The number of amides is 1. The lowest BCUT2D eigenvalue weighted by molar-refractivity contribution is -0.124. The number of carbonyl (C=O) groups is 2. The Labute approximate surface area is 121 Å². The van der Waals surface area contributed by atoms with Crippen molar-refractivity contribution in [2.45, 2.75) is 0 Å². The maximum absolute atomic E-state index is 11.7. The van der Waals surface area contributed by atoms with Crippen LogP contribution in [0.2, 0.25) is 0 Å². The monoisotopic (exact) mass is 283 g/mol. The predicted molar refractivity (Wildman–Crippen MR) is 77.5 cm³/mol. The van der Waals surface area contributed by atoms with E-state index < -0.39 is 5.91 Å². The summed E-state index contributed by atoms with van der Waals surface area (Å²) in [6, 6.07) is 10.5. The predicted octanol–water partition coefficient (Wildman–Crippen LogP) is 2.69. The topological polar surface area (TPSA) is 79.5 Å². The Morgan fingerprint density at radius 1 is 1.00 bits per heavy atom. The van der Waals surface area contributed by atoms with Crippen molar-refractivity contribution in [3.63, 3.8) is 0 Å². The van der Waals surface area contributed by atoms with E-state index in [4.69, 9.17) is 9.62 Å². The number of nitrogens with one attached hydrogen (secondary N) is 1. The van der Waals surface area contributed by atoms with Gasteiger partial charge in [0.25, 0.3) is 5.91 Å². The van der Waals surface area contributed by atoms with Gasteiger partial charge in [-0.3, -0.25) is 14.8 Å². The quantitative estimate of drug-likeness (QED) is 0.382. The Hall–Kier alpha value is -2.92. The molecule has 1 aromatic carbocycles. The van der Waals surface area contributed by atoms with Crippen molar-refractivity contribution in [1.29, 1.82) is 0 Å². The van der Waals surface area contributed by atoms with Gasteiger partial charge in [-0.1, -0.05) is 30.3 Å². The summed E-state index contributed by atoms with van der Waals surface area (Å²) in [5.74, 6) is -0.507. The molecule has 0 unspecified atom stereocenters. The van der Waals surface area contributed by atoms with Crippen LogP contribution in [0.4, 0.5) is 0 Å². The molecule has 106 valence electrons. The number of hydrogen-bond donors (Lipinski definition) is 2. The molecule has 1 aromatic heterocycles. The van der Waals surface area contributed by atoms with Crippen LogP contribution in [0.5, 0.6) is 0 Å². The van der Waals surface area contributed by atoms with E-state index in [1.54, 1.807) is 36.4 Å². The van der Waals surface area contributed by atoms with Gasteiger partial charge in [0.05, 0.1) is 6.26 Å². The highest BCUT2D eigenvalue weighted by Gasteiger charge is 2.03. The van der Waals surface area contributed by atoms with Crippen molar-refractivity contribution >= 4 is 23.8 Å². The molecule has 0 saturated carbocycles. The van der Waals surface area contributed by atoms with Gasteiger partial charge in [0.15, 0.2) is 5.76 Å². The second-order valence-corrected chi connectivity index (χ2v) is 4.15. The molecular weight excluding hydrogens is 270 g/mol. The van der Waals surface area contributed by atoms with Crippen molar-refractivity contribution in [2.24, 2.45) is 0 Å². The van der Waals surface area contributed by atoms with E-state index in [1.807, 2.05) is 12.1 Å². The maximum atomic E-state index is 11.7. The SMILES string of the molecule is O=C(/C=C/c1ccc(/C=C/C(=O)c2ccco2)cc1)NO. The van der Waals surface area contributed by atoms with Gasteiger partial charge < -0.3 is 4.42 Å². The molecule has 0 atom stereocenters. The first kappa shape index (κ1) is 14.5. The highest BCUT2D eigenvalue weighted by Crippen LogP contribution is 2.09. The number of rotatable bonds is 5. The number of carbonyl (C=O) groups excluding carboxylic acids is 2. The molecule has 0 radical (unpaired) electrons. The normalized spacial score (nSPS) is 11.1. The largest absolute Gasteiger partial charge is 0.461 e. The second kappa shape index (κ2) is 7.02. The molecule has 21 heavy (non-hydrogen) atoms. The maximum Gasteiger partial charge on any atom is 0.267 e. The zero-order valence-corrected chi connectivity index (χ0v) is 11.0. The van der Waals surface area contributed by atoms with Crippen molar-refractivity contribution in [2.75, 3.05) is 0 Å². The first-order valence-electron chi connectivity index (χ1n) is 6.17. The zero-order valence-electron chi connectivity index (χ0n) is 11.0. The first-order chi connectivity index (χ1) is 10.2. The number of hydrogen-bond acceptors (Lipinski definition) is 4. The summed E-state index contributed by atoms with van der Waals surface area (Å²) in [7, 11) is 0. The van der Waals surface area contributed by atoms with Crippen LogP contribution >= 0.6 is 0 Å². The smallest absolute Gasteiger partial charge is 0.267 e. The molecule has 0 aliphatic rings. The van der Waals surface area contributed by atoms with Gasteiger partial charge in [-0.25, -0.2) is 5.48 Å². The molecule has 2 aromatic rings. The van der Waals surface area contributed by atoms with Crippen LogP contribution in [-0.2, 0) is 4.79 Å². The van der Waals surface area contributed by atoms with Crippen molar-refractivity contribution in [1.82, 2.24) is 5.48 Å². The van der Waals surface area contributed by atoms with Crippen LogP contribution in [0, 0.1) is 0 Å². The lowest BCUT2D eigenvalue weighted by Gasteiger charge is -1.96. The second-order valence-electron chi connectivity index (χ2n) is 4.15. The van der Waals surface area contributed by atoms with E-state index in [-0.39, 0.29) is 5.78 Å². The fourth-order valence-electron chi connectivity index (χ4n) is 1.60. The average molecular weight is 283 g/mol. The van der Waals surface area contributed by atoms with Crippen molar-refractivity contribution in [3.05, 3.63) is 71.7 Å². The van der Waals surface area contributed by atoms with Crippen LogP contribution in [0.3, 0.4) is 0 Å². The van der Waals surface area contributed by atoms with E-state index in [1.165, 1.54) is 23.9 Å². The third-order valence-corrected chi connectivity index (χ3v) is 2.67. The molecule has 5 heteroatoms. The Morgan fingerprint density at radius 3 is 2.14 bits per heavy atom. The molecule has 0 fully saturated rings. The van der Waals surface area contributed by atoms with Gasteiger partial charge in [0.1, 0.15) is 0 Å². The molecule has 0 aliphatic heterocycles. The number of allylic oxidation sites excluding steroid dienone is 1. The molecular formula is C16H13NO4. The third-order valence-electron chi connectivity index (χ3n) is 2.67. The molecule has 1 heterocycles. The van der Waals surface area contributed by atoms with Crippen LogP contribution in [0.15, 0.2) is 59.2 Å². The first-order valence-corrected chi connectivity index (χ1v) is 6.17. The van der Waals surface area contributed by atoms with E-state index in [2.05, 4.69) is 0 Å². The summed E-state index contributed by atoms with van der Waals surface area (Å²) in [6.07, 6.45) is 7.34. The summed E-state index contributed by atoms with van der Waals surface area (Å²) in [5.41, 5.74) is 3.15. The van der Waals surface area contributed by atoms with Gasteiger partial charge in [-0.15, -0.1) is 0 Å². The molecule has 2 rings (SSSR count). The van der Waals surface area contributed by atoms with Crippen molar-refractivity contribution < 1.29 is 19.2 Å². The third kappa shape index (κ3) is 4.29. The minimum absolute atomic E-state index is 0.205. The fraction of sp³-hybridized carbons (Fsp3) is 0. The summed E-state index contributed by atoms with van der Waals surface area (Å²) in [4.78, 5) is 22.5. The molecule has 0 bridgehead atoms. The van der Waals surface area contributed by atoms with Crippen LogP contribution in [0.1, 0.15) is 21.7 Å². The average Bonchev–Trinajstić information content (AvgIpc) is 3.05. The Balaban J connectivity index is 2.01. The molecule has 2 N–H and O–H groups in total. The molecule has 0 spiro atoms. The van der Waals surface area contributed by atoms with E-state index in [9.17, 15) is 9.59 Å². The lowest BCUT2D eigenvalue weighted by Crippen LogP contribution is -2.14. The van der Waals surface area contributed by atoms with Crippen molar-refractivity contribution in [3.8, 4) is 0 Å². The summed E-state index contributed by atoms with van der Waals surface area (Å²) in [6.45, 7) is 0. The summed E-state index contributed by atoms with van der Waals surface area (Å²) < 4.78 is 5.00. The number of furan rings is 1. The van der Waals surface area contributed by atoms with Crippen LogP contribution in [-0.4, -0.2) is 16.9 Å². The van der Waals surface area contributed by atoms with E-state index >= 15 is 0 Å². The molecule has 1 amide bonds. The Bertz CT molecular complexity index is 667. The number of ketones is 1. The van der Waals surface area contributed by atoms with E-state index in [0.717, 1.165) is 11.1 Å². The van der Waals surface area contributed by atoms with Gasteiger partial charge in [-0.05, 0) is 35.4 Å². The molecule has 0 saturated heterocycles. The van der Waals surface area contributed by atoms with Gasteiger partial charge in [-0.2, -0.15) is 0 Å². The van der Waals surface area contributed by atoms with Crippen LogP contribution < -0.4 is 5.48 Å². The number of hydroxylamine groups is 1. The minimum atomic E-state index is -0.594. The minimum Gasteiger partial charge on any atom is -0.461 e.